The van der Waals surface area contributed by atoms with Crippen LogP contribution in [-0.2, 0) is 6.54 Å². The molecule has 5 aromatic rings. The predicted octanol–water partition coefficient (Wildman–Crippen LogP) is 3.19. The SMILES string of the molecule is NC(=O)c1cccc(-c2ccc3nnn(Cc4ccc5ncccc5c4)c3n2)c1. The maximum Gasteiger partial charge on any atom is 0.248 e. The highest BCUT2D eigenvalue weighted by Gasteiger charge is 2.11. The summed E-state index contributed by atoms with van der Waals surface area (Å²) in [4.78, 5) is 20.6. The summed E-state index contributed by atoms with van der Waals surface area (Å²) in [7, 11) is 0. The van der Waals surface area contributed by atoms with Crippen molar-refractivity contribution in [2.45, 2.75) is 6.54 Å². The maximum atomic E-state index is 11.5. The fraction of sp³-hybridized carbons (Fsp3) is 0.0455. The number of nitrogens with two attached hydrogens (primary N) is 1. The van der Waals surface area contributed by atoms with Gasteiger partial charge in [0, 0.05) is 22.7 Å². The van der Waals surface area contributed by atoms with Gasteiger partial charge in [0.15, 0.2) is 5.65 Å². The Bertz CT molecular complexity index is 1370. The predicted molar refractivity (Wildman–Crippen MR) is 110 cm³/mol. The Morgan fingerprint density at radius 2 is 1.86 bits per heavy atom. The number of rotatable bonds is 4. The van der Waals surface area contributed by atoms with Crippen molar-refractivity contribution in [2.75, 3.05) is 0 Å². The fourth-order valence-electron chi connectivity index (χ4n) is 3.35. The summed E-state index contributed by atoms with van der Waals surface area (Å²) >= 11 is 0. The maximum absolute atomic E-state index is 11.5. The molecule has 0 saturated heterocycles. The van der Waals surface area contributed by atoms with Crippen molar-refractivity contribution in [3.05, 3.63) is 84.1 Å². The summed E-state index contributed by atoms with van der Waals surface area (Å²) in [5, 5.41) is 9.56. The first kappa shape index (κ1) is 17.0. The van der Waals surface area contributed by atoms with E-state index in [-0.39, 0.29) is 0 Å². The largest absolute Gasteiger partial charge is 0.366 e. The van der Waals surface area contributed by atoms with Crippen LogP contribution in [0.5, 0.6) is 0 Å². The molecule has 7 nitrogen and oxygen atoms in total. The van der Waals surface area contributed by atoms with E-state index < -0.39 is 5.91 Å². The van der Waals surface area contributed by atoms with Crippen molar-refractivity contribution in [2.24, 2.45) is 5.73 Å². The van der Waals surface area contributed by atoms with Crippen molar-refractivity contribution in [1.29, 1.82) is 0 Å². The molecule has 2 N–H and O–H groups in total. The highest BCUT2D eigenvalue weighted by atomic mass is 16.1. The van der Waals surface area contributed by atoms with Crippen molar-refractivity contribution in [3.63, 3.8) is 0 Å². The Morgan fingerprint density at radius 3 is 2.76 bits per heavy atom. The first-order valence-corrected chi connectivity index (χ1v) is 9.11. The molecule has 5 rings (SSSR count). The summed E-state index contributed by atoms with van der Waals surface area (Å²) in [5.74, 6) is -0.467. The molecule has 140 valence electrons. The number of primary amides is 1. The van der Waals surface area contributed by atoms with E-state index in [0.29, 0.717) is 23.3 Å². The molecule has 0 aliphatic heterocycles. The van der Waals surface area contributed by atoms with Crippen LogP contribution in [0, 0.1) is 0 Å². The topological polar surface area (TPSA) is 99.6 Å². The van der Waals surface area contributed by atoms with E-state index in [0.717, 1.165) is 27.7 Å². The van der Waals surface area contributed by atoms with E-state index >= 15 is 0 Å². The molecule has 3 aromatic heterocycles. The Balaban J connectivity index is 1.54. The van der Waals surface area contributed by atoms with Gasteiger partial charge in [0.05, 0.1) is 17.8 Å². The molecule has 0 saturated carbocycles. The van der Waals surface area contributed by atoms with E-state index in [1.807, 2.05) is 42.5 Å². The highest BCUT2D eigenvalue weighted by molar-refractivity contribution is 5.94. The van der Waals surface area contributed by atoms with Crippen molar-refractivity contribution in [3.8, 4) is 11.3 Å². The Hall–Kier alpha value is -4.13. The second kappa shape index (κ2) is 6.79. The molecule has 3 heterocycles. The van der Waals surface area contributed by atoms with Gasteiger partial charge >= 0.3 is 0 Å². The zero-order valence-corrected chi connectivity index (χ0v) is 15.4. The summed E-state index contributed by atoms with van der Waals surface area (Å²) in [5.41, 5.74) is 10.8. The Labute approximate surface area is 165 Å². The molecule has 29 heavy (non-hydrogen) atoms. The van der Waals surface area contributed by atoms with Gasteiger partial charge in [0.25, 0.3) is 0 Å². The molecule has 0 spiro atoms. The van der Waals surface area contributed by atoms with Crippen LogP contribution in [0.3, 0.4) is 0 Å². The highest BCUT2D eigenvalue weighted by Crippen LogP contribution is 2.22. The monoisotopic (exact) mass is 380 g/mol. The van der Waals surface area contributed by atoms with Gasteiger partial charge in [0.1, 0.15) is 5.52 Å². The molecule has 0 bridgehead atoms. The van der Waals surface area contributed by atoms with Crippen LogP contribution in [0.25, 0.3) is 33.3 Å². The number of fused-ring (bicyclic) bond motifs is 2. The Morgan fingerprint density at radius 1 is 0.966 bits per heavy atom. The first-order valence-electron chi connectivity index (χ1n) is 9.11. The molecular weight excluding hydrogens is 364 g/mol. The van der Waals surface area contributed by atoms with Crippen LogP contribution in [0.15, 0.2) is 72.9 Å². The van der Waals surface area contributed by atoms with Gasteiger partial charge in [-0.3, -0.25) is 9.78 Å². The lowest BCUT2D eigenvalue weighted by molar-refractivity contribution is 0.100. The van der Waals surface area contributed by atoms with E-state index in [2.05, 4.69) is 21.4 Å². The molecule has 2 aromatic carbocycles. The van der Waals surface area contributed by atoms with Crippen LogP contribution in [0.2, 0.25) is 0 Å². The molecule has 0 aliphatic carbocycles. The lowest BCUT2D eigenvalue weighted by Crippen LogP contribution is -2.10. The minimum Gasteiger partial charge on any atom is -0.366 e. The molecule has 0 fully saturated rings. The number of amides is 1. The van der Waals surface area contributed by atoms with Gasteiger partial charge in [0.2, 0.25) is 5.91 Å². The minimum atomic E-state index is -0.467. The van der Waals surface area contributed by atoms with Gasteiger partial charge in [-0.1, -0.05) is 29.5 Å². The third kappa shape index (κ3) is 3.19. The number of pyridine rings is 2. The number of benzene rings is 2. The smallest absolute Gasteiger partial charge is 0.248 e. The first-order chi connectivity index (χ1) is 14.2. The quantitative estimate of drug-likeness (QED) is 0.516. The Kier molecular flexibility index (Phi) is 3.98. The third-order valence-electron chi connectivity index (χ3n) is 4.80. The van der Waals surface area contributed by atoms with Gasteiger partial charge < -0.3 is 5.73 Å². The normalized spacial score (nSPS) is 11.2. The summed E-state index contributed by atoms with van der Waals surface area (Å²) in [6.45, 7) is 0.541. The third-order valence-corrected chi connectivity index (χ3v) is 4.80. The van der Waals surface area contributed by atoms with Crippen molar-refractivity contribution >= 4 is 28.0 Å². The van der Waals surface area contributed by atoms with Gasteiger partial charge in [-0.15, -0.1) is 5.10 Å². The molecule has 0 atom stereocenters. The molecule has 7 heteroatoms. The minimum absolute atomic E-state index is 0.445. The number of aromatic nitrogens is 5. The van der Waals surface area contributed by atoms with Crippen LogP contribution in [-0.4, -0.2) is 30.9 Å². The standard InChI is InChI=1S/C22H16N6O/c23-21(29)17-4-1-3-16(12-17)19-8-9-20-22(25-19)28(27-26-20)13-14-6-7-18-15(11-14)5-2-10-24-18/h1-12H,13H2,(H2,23,29). The average Bonchev–Trinajstić information content (AvgIpc) is 3.15. The summed E-state index contributed by atoms with van der Waals surface area (Å²) < 4.78 is 1.77. The summed E-state index contributed by atoms with van der Waals surface area (Å²) in [6, 6.07) is 20.9. The second-order valence-corrected chi connectivity index (χ2v) is 6.76. The molecule has 0 unspecified atom stereocenters. The lowest BCUT2D eigenvalue weighted by atomic mass is 10.1. The van der Waals surface area contributed by atoms with Crippen LogP contribution in [0.4, 0.5) is 0 Å². The van der Waals surface area contributed by atoms with Gasteiger partial charge in [-0.25, -0.2) is 9.67 Å². The molecule has 0 aliphatic rings. The second-order valence-electron chi connectivity index (χ2n) is 6.76. The lowest BCUT2D eigenvalue weighted by Gasteiger charge is -2.06. The number of hydrogen-bond acceptors (Lipinski definition) is 5. The number of hydrogen-bond donors (Lipinski definition) is 1. The van der Waals surface area contributed by atoms with E-state index in [1.54, 1.807) is 29.1 Å². The molecule has 1 amide bonds. The van der Waals surface area contributed by atoms with Crippen molar-refractivity contribution in [1.82, 2.24) is 25.0 Å². The number of carbonyl (C=O) groups excluding carboxylic acids is 1. The van der Waals surface area contributed by atoms with E-state index in [9.17, 15) is 4.79 Å². The van der Waals surface area contributed by atoms with Crippen LogP contribution in [0.1, 0.15) is 15.9 Å². The van der Waals surface area contributed by atoms with Gasteiger partial charge in [-0.2, -0.15) is 0 Å². The fourth-order valence-corrected chi connectivity index (χ4v) is 3.35. The molecule has 0 radical (unpaired) electrons. The number of carbonyl (C=O) groups is 1. The van der Waals surface area contributed by atoms with E-state index in [4.69, 9.17) is 10.7 Å². The van der Waals surface area contributed by atoms with Crippen LogP contribution >= 0.6 is 0 Å². The van der Waals surface area contributed by atoms with E-state index in [1.165, 1.54) is 0 Å². The number of nitrogens with zero attached hydrogens (tertiary/aromatic N) is 5. The van der Waals surface area contributed by atoms with Crippen molar-refractivity contribution < 1.29 is 4.79 Å². The zero-order chi connectivity index (χ0) is 19.8. The summed E-state index contributed by atoms with van der Waals surface area (Å²) in [6.07, 6.45) is 1.78. The van der Waals surface area contributed by atoms with Gasteiger partial charge in [-0.05, 0) is 48.0 Å². The molecular formula is C22H16N6O. The average molecular weight is 380 g/mol. The zero-order valence-electron chi connectivity index (χ0n) is 15.4. The van der Waals surface area contributed by atoms with Crippen LogP contribution < -0.4 is 5.73 Å².